The minimum atomic E-state index is -1.30. The van der Waals surface area contributed by atoms with Gasteiger partial charge in [-0.05, 0) is 30.7 Å². The van der Waals surface area contributed by atoms with Crippen LogP contribution >= 0.6 is 0 Å². The van der Waals surface area contributed by atoms with Gasteiger partial charge in [0.1, 0.15) is 5.60 Å². The Morgan fingerprint density at radius 2 is 1.80 bits per heavy atom. The summed E-state index contributed by atoms with van der Waals surface area (Å²) in [4.78, 5) is 17.8. The molecule has 0 radical (unpaired) electrons. The smallest absolute Gasteiger partial charge is 0.262 e. The van der Waals surface area contributed by atoms with Gasteiger partial charge in [-0.2, -0.15) is 0 Å². The van der Waals surface area contributed by atoms with Gasteiger partial charge in [0.15, 0.2) is 5.82 Å². The van der Waals surface area contributed by atoms with Gasteiger partial charge in [-0.3, -0.25) is 9.36 Å². The van der Waals surface area contributed by atoms with E-state index in [2.05, 4.69) is 10.3 Å². The highest BCUT2D eigenvalue weighted by atomic mass is 16.3. The molecule has 126 valence electrons. The van der Waals surface area contributed by atoms with Crippen molar-refractivity contribution in [3.8, 4) is 0 Å². The van der Waals surface area contributed by atoms with Crippen LogP contribution in [0.15, 0.2) is 65.5 Å². The number of aliphatic hydroxyl groups is 1. The molecule has 0 bridgehead atoms. The van der Waals surface area contributed by atoms with Crippen LogP contribution in [0, 0.1) is 0 Å². The second-order valence-corrected chi connectivity index (χ2v) is 6.30. The SMILES string of the molecule is CNC1=C[C@@](O)(c2ccccc2)[C@H](C)n2c1nc1ccccc1c2=O. The third-order valence-corrected chi connectivity index (χ3v) is 4.94. The van der Waals surface area contributed by atoms with Crippen molar-refractivity contribution in [2.24, 2.45) is 0 Å². The van der Waals surface area contributed by atoms with E-state index in [1.807, 2.05) is 55.5 Å². The summed E-state index contributed by atoms with van der Waals surface area (Å²) in [5, 5.41) is 15.1. The van der Waals surface area contributed by atoms with Crippen LogP contribution in [0.4, 0.5) is 0 Å². The number of nitrogens with one attached hydrogen (secondary N) is 1. The third kappa shape index (κ3) is 2.20. The first kappa shape index (κ1) is 15.6. The quantitative estimate of drug-likeness (QED) is 0.756. The van der Waals surface area contributed by atoms with E-state index in [9.17, 15) is 9.90 Å². The van der Waals surface area contributed by atoms with Crippen molar-refractivity contribution in [1.29, 1.82) is 0 Å². The average molecular weight is 333 g/mol. The number of nitrogens with zero attached hydrogens (tertiary/aromatic N) is 2. The maximum Gasteiger partial charge on any atom is 0.262 e. The first-order valence-electron chi connectivity index (χ1n) is 8.26. The fourth-order valence-electron chi connectivity index (χ4n) is 3.51. The van der Waals surface area contributed by atoms with Gasteiger partial charge < -0.3 is 10.4 Å². The molecule has 0 aliphatic carbocycles. The number of para-hydroxylation sites is 1. The lowest BCUT2D eigenvalue weighted by atomic mass is 9.83. The van der Waals surface area contributed by atoms with Crippen molar-refractivity contribution in [2.45, 2.75) is 18.6 Å². The third-order valence-electron chi connectivity index (χ3n) is 4.94. The highest BCUT2D eigenvalue weighted by Gasteiger charge is 2.41. The van der Waals surface area contributed by atoms with Crippen LogP contribution in [-0.4, -0.2) is 21.7 Å². The molecule has 3 aromatic rings. The largest absolute Gasteiger partial charge is 0.385 e. The van der Waals surface area contributed by atoms with Crippen LogP contribution in [0.1, 0.15) is 24.4 Å². The van der Waals surface area contributed by atoms with Crippen molar-refractivity contribution in [2.75, 3.05) is 7.05 Å². The predicted molar refractivity (Wildman–Crippen MR) is 98.1 cm³/mol. The Hall–Kier alpha value is -2.92. The van der Waals surface area contributed by atoms with Crippen molar-refractivity contribution in [3.63, 3.8) is 0 Å². The van der Waals surface area contributed by atoms with Crippen molar-refractivity contribution >= 4 is 16.6 Å². The van der Waals surface area contributed by atoms with Gasteiger partial charge in [0, 0.05) is 7.05 Å². The molecule has 2 N–H and O–H groups in total. The Labute approximate surface area is 145 Å². The molecular weight excluding hydrogens is 314 g/mol. The minimum Gasteiger partial charge on any atom is -0.385 e. The van der Waals surface area contributed by atoms with Crippen LogP contribution in [0.25, 0.3) is 16.6 Å². The van der Waals surface area contributed by atoms with Gasteiger partial charge in [-0.15, -0.1) is 0 Å². The zero-order chi connectivity index (χ0) is 17.6. The summed E-state index contributed by atoms with van der Waals surface area (Å²) >= 11 is 0. The lowest BCUT2D eigenvalue weighted by molar-refractivity contribution is 0.0322. The number of aromatic nitrogens is 2. The van der Waals surface area contributed by atoms with Gasteiger partial charge in [-0.25, -0.2) is 4.98 Å². The summed E-state index contributed by atoms with van der Waals surface area (Å²) < 4.78 is 1.58. The molecule has 0 saturated heterocycles. The van der Waals surface area contributed by atoms with Crippen LogP contribution in [0.5, 0.6) is 0 Å². The van der Waals surface area contributed by atoms with Gasteiger partial charge in [-0.1, -0.05) is 42.5 Å². The summed E-state index contributed by atoms with van der Waals surface area (Å²) in [6, 6.07) is 16.2. The molecule has 4 rings (SSSR count). The fourth-order valence-corrected chi connectivity index (χ4v) is 3.51. The zero-order valence-electron chi connectivity index (χ0n) is 14.1. The van der Waals surface area contributed by atoms with Crippen molar-refractivity contribution in [1.82, 2.24) is 14.9 Å². The van der Waals surface area contributed by atoms with E-state index in [-0.39, 0.29) is 5.56 Å². The molecule has 0 saturated carbocycles. The molecule has 0 fully saturated rings. The Balaban J connectivity index is 2.05. The van der Waals surface area contributed by atoms with Crippen LogP contribution < -0.4 is 10.9 Å². The molecule has 0 spiro atoms. The van der Waals surface area contributed by atoms with E-state index in [0.717, 1.165) is 5.56 Å². The normalized spacial score (nSPS) is 22.4. The molecule has 25 heavy (non-hydrogen) atoms. The van der Waals surface area contributed by atoms with Gasteiger partial charge in [0.2, 0.25) is 0 Å². The first-order valence-corrected chi connectivity index (χ1v) is 8.26. The number of fused-ring (bicyclic) bond motifs is 2. The Kier molecular flexibility index (Phi) is 3.47. The lowest BCUT2D eigenvalue weighted by Crippen LogP contribution is -2.44. The van der Waals surface area contributed by atoms with E-state index < -0.39 is 11.6 Å². The van der Waals surface area contributed by atoms with Gasteiger partial charge in [0.05, 0.1) is 22.6 Å². The Morgan fingerprint density at radius 1 is 1.12 bits per heavy atom. The zero-order valence-corrected chi connectivity index (χ0v) is 14.1. The molecule has 0 amide bonds. The maximum atomic E-state index is 13.1. The summed E-state index contributed by atoms with van der Waals surface area (Å²) in [5.74, 6) is 0.541. The van der Waals surface area contributed by atoms with E-state index >= 15 is 0 Å². The van der Waals surface area contributed by atoms with E-state index in [1.165, 1.54) is 0 Å². The number of hydrogen-bond donors (Lipinski definition) is 2. The molecule has 5 heteroatoms. The number of rotatable bonds is 2. The van der Waals surface area contributed by atoms with E-state index in [0.29, 0.717) is 22.4 Å². The topological polar surface area (TPSA) is 67.2 Å². The highest BCUT2D eigenvalue weighted by Crippen LogP contribution is 2.40. The first-order chi connectivity index (χ1) is 12.1. The summed E-state index contributed by atoms with van der Waals surface area (Å²) in [5.41, 5.74) is 0.564. The van der Waals surface area contributed by atoms with Crippen LogP contribution in [0.3, 0.4) is 0 Å². The molecule has 1 aliphatic heterocycles. The summed E-state index contributed by atoms with van der Waals surface area (Å²) in [7, 11) is 1.76. The van der Waals surface area contributed by atoms with Crippen LogP contribution in [0.2, 0.25) is 0 Å². The Bertz CT molecular complexity index is 1040. The Morgan fingerprint density at radius 3 is 2.52 bits per heavy atom. The molecule has 5 nitrogen and oxygen atoms in total. The molecule has 1 aliphatic rings. The molecule has 2 atom stereocenters. The van der Waals surface area contributed by atoms with Gasteiger partial charge >= 0.3 is 0 Å². The predicted octanol–water partition coefficient (Wildman–Crippen LogP) is 2.42. The molecule has 2 heterocycles. The second kappa shape index (κ2) is 5.57. The standard InChI is InChI=1S/C20H19N3O2/c1-13-20(25,14-8-4-3-5-9-14)12-17(21-2)18-22-16-11-7-6-10-15(16)19(24)23(13)18/h3-13,21,25H,1-2H3/t13-,20-/m0/s1. The van der Waals surface area contributed by atoms with Crippen molar-refractivity contribution in [3.05, 3.63) is 82.4 Å². The molecule has 1 aromatic heterocycles. The second-order valence-electron chi connectivity index (χ2n) is 6.30. The fraction of sp³-hybridized carbons (Fsp3) is 0.200. The average Bonchev–Trinajstić information content (AvgIpc) is 2.65. The monoisotopic (exact) mass is 333 g/mol. The number of hydrogen-bond acceptors (Lipinski definition) is 4. The maximum absolute atomic E-state index is 13.1. The van der Waals surface area contributed by atoms with E-state index in [4.69, 9.17) is 0 Å². The molecule has 2 aromatic carbocycles. The van der Waals surface area contributed by atoms with E-state index in [1.54, 1.807) is 23.8 Å². The molecular formula is C20H19N3O2. The number of benzene rings is 2. The summed E-state index contributed by atoms with van der Waals surface area (Å²) in [6.45, 7) is 1.84. The van der Waals surface area contributed by atoms with Gasteiger partial charge in [0.25, 0.3) is 5.56 Å². The molecule has 0 unspecified atom stereocenters. The van der Waals surface area contributed by atoms with Crippen molar-refractivity contribution < 1.29 is 5.11 Å². The summed E-state index contributed by atoms with van der Waals surface area (Å²) in [6.07, 6.45) is 1.75. The minimum absolute atomic E-state index is 0.150. The van der Waals surface area contributed by atoms with Crippen LogP contribution in [-0.2, 0) is 5.60 Å². The highest BCUT2D eigenvalue weighted by molar-refractivity contribution is 5.79. The lowest BCUT2D eigenvalue weighted by Gasteiger charge is -2.38.